The van der Waals surface area contributed by atoms with E-state index in [1.54, 1.807) is 12.5 Å². The molecule has 0 aliphatic heterocycles. The van der Waals surface area contributed by atoms with Gasteiger partial charge in [0.2, 0.25) is 0 Å². The molecule has 0 bridgehead atoms. The quantitative estimate of drug-likeness (QED) is 0.550. The first-order valence-corrected chi connectivity index (χ1v) is 6.11. The van der Waals surface area contributed by atoms with Gasteiger partial charge in [0.05, 0.1) is 13.2 Å². The number of ketones is 1. The number of hydrogen-bond acceptors (Lipinski definition) is 6. The fraction of sp³-hybridized carbons (Fsp3) is 0.545. The van der Waals surface area contributed by atoms with Gasteiger partial charge in [0.15, 0.2) is 5.69 Å². The Labute approximate surface area is 104 Å². The molecule has 0 aromatic carbocycles. The molecule has 0 radical (unpaired) electrons. The van der Waals surface area contributed by atoms with Gasteiger partial charge in [-0.3, -0.25) is 0 Å². The summed E-state index contributed by atoms with van der Waals surface area (Å²) in [5.74, 6) is -0.357. The average molecular weight is 257 g/mol. The highest BCUT2D eigenvalue weighted by molar-refractivity contribution is 7.09. The zero-order valence-electron chi connectivity index (χ0n) is 9.89. The summed E-state index contributed by atoms with van der Waals surface area (Å²) in [5, 5.41) is 2.38. The molecule has 0 atom stereocenters. The topological polar surface area (TPSA) is 65.5 Å². The summed E-state index contributed by atoms with van der Waals surface area (Å²) >= 11 is 1.36. The van der Waals surface area contributed by atoms with Crippen molar-refractivity contribution < 1.29 is 19.1 Å². The summed E-state index contributed by atoms with van der Waals surface area (Å²) in [7, 11) is 1.57. The van der Waals surface area contributed by atoms with Crippen LogP contribution < -0.4 is 0 Å². The second-order valence-corrected chi connectivity index (χ2v) is 4.44. The summed E-state index contributed by atoms with van der Waals surface area (Å²) in [6, 6.07) is 0. The van der Waals surface area contributed by atoms with Crippen LogP contribution in [0.2, 0.25) is 0 Å². The van der Waals surface area contributed by atoms with E-state index in [9.17, 15) is 9.59 Å². The van der Waals surface area contributed by atoms with E-state index in [1.807, 2.05) is 0 Å². The first kappa shape index (κ1) is 13.8. The Morgan fingerprint density at radius 1 is 1.47 bits per heavy atom. The van der Waals surface area contributed by atoms with Gasteiger partial charge in [-0.1, -0.05) is 0 Å². The van der Waals surface area contributed by atoms with Gasteiger partial charge in [0.25, 0.3) is 0 Å². The Morgan fingerprint density at radius 2 is 2.24 bits per heavy atom. The fourth-order valence-electron chi connectivity index (χ4n) is 1.15. The molecule has 0 saturated carbocycles. The van der Waals surface area contributed by atoms with Crippen LogP contribution in [0.25, 0.3) is 0 Å². The van der Waals surface area contributed by atoms with Gasteiger partial charge < -0.3 is 14.3 Å². The van der Waals surface area contributed by atoms with E-state index in [4.69, 9.17) is 9.47 Å². The van der Waals surface area contributed by atoms with Crippen molar-refractivity contribution in [2.45, 2.75) is 26.4 Å². The highest BCUT2D eigenvalue weighted by Gasteiger charge is 2.11. The van der Waals surface area contributed by atoms with E-state index >= 15 is 0 Å². The van der Waals surface area contributed by atoms with E-state index in [1.165, 1.54) is 18.3 Å². The predicted molar refractivity (Wildman–Crippen MR) is 63.0 cm³/mol. The smallest absolute Gasteiger partial charge is 0.357 e. The average Bonchev–Trinajstić information content (AvgIpc) is 2.73. The van der Waals surface area contributed by atoms with Crippen LogP contribution >= 0.6 is 11.3 Å². The third-order valence-electron chi connectivity index (χ3n) is 1.94. The van der Waals surface area contributed by atoms with Crippen LogP contribution in [0.5, 0.6) is 0 Å². The van der Waals surface area contributed by atoms with Gasteiger partial charge in [-0.05, 0) is 13.3 Å². The van der Waals surface area contributed by atoms with Crippen LogP contribution in [0, 0.1) is 0 Å². The summed E-state index contributed by atoms with van der Waals surface area (Å²) in [4.78, 5) is 26.2. The molecule has 1 rings (SSSR count). The molecule has 17 heavy (non-hydrogen) atoms. The van der Waals surface area contributed by atoms with Crippen LogP contribution in [0.3, 0.4) is 0 Å². The number of aromatic nitrogens is 1. The molecule has 5 nitrogen and oxygen atoms in total. The number of thiazole rings is 1. The highest BCUT2D eigenvalue weighted by Crippen LogP contribution is 2.11. The molecule has 0 fully saturated rings. The van der Waals surface area contributed by atoms with Gasteiger partial charge >= 0.3 is 5.97 Å². The Bertz CT molecular complexity index is 389. The Kier molecular flexibility index (Phi) is 5.79. The molecule has 1 aromatic rings. The number of hydrogen-bond donors (Lipinski definition) is 0. The predicted octanol–water partition coefficient (Wildman–Crippen LogP) is 1.82. The monoisotopic (exact) mass is 257 g/mol. The molecule has 0 spiro atoms. The molecule has 94 valence electrons. The lowest BCUT2D eigenvalue weighted by atomic mass is 10.2. The molecule has 0 aliphatic rings. The number of carbonyl (C=O) groups is 2. The number of carbonyl (C=O) groups excluding carboxylic acids is 2. The van der Waals surface area contributed by atoms with E-state index in [2.05, 4.69) is 4.98 Å². The molecule has 0 saturated heterocycles. The molecular weight excluding hydrogens is 242 g/mol. The normalized spacial score (nSPS) is 10.2. The first-order chi connectivity index (χ1) is 8.13. The van der Waals surface area contributed by atoms with E-state index < -0.39 is 5.97 Å². The van der Waals surface area contributed by atoms with E-state index in [0.717, 1.165) is 5.01 Å². The number of ether oxygens (including phenoxy) is 2. The van der Waals surface area contributed by atoms with Crippen molar-refractivity contribution in [3.63, 3.8) is 0 Å². The third-order valence-corrected chi connectivity index (χ3v) is 2.76. The molecular formula is C11H15NO4S. The maximum atomic E-state index is 11.5. The minimum atomic E-state index is -0.452. The maximum absolute atomic E-state index is 11.5. The molecule has 0 N–H and O–H groups in total. The van der Waals surface area contributed by atoms with Crippen LogP contribution in [0.4, 0.5) is 0 Å². The number of nitrogens with zero attached hydrogens (tertiary/aromatic N) is 1. The summed E-state index contributed by atoms with van der Waals surface area (Å²) < 4.78 is 9.89. The molecule has 6 heteroatoms. The van der Waals surface area contributed by atoms with Crippen molar-refractivity contribution in [1.29, 1.82) is 0 Å². The summed E-state index contributed by atoms with van der Waals surface area (Å²) in [6.07, 6.45) is 0.982. The second-order valence-electron chi connectivity index (χ2n) is 3.50. The minimum Gasteiger partial charge on any atom is -0.461 e. The molecule has 1 aromatic heterocycles. The lowest BCUT2D eigenvalue weighted by molar-refractivity contribution is -0.117. The van der Waals surface area contributed by atoms with E-state index in [0.29, 0.717) is 25.1 Å². The standard InChI is InChI=1S/C11H15NO4S/c1-8(13)4-3-5-16-11(14)9-7-17-10(12-9)6-15-2/h7H,3-6H2,1-2H3. The van der Waals surface area contributed by atoms with Crippen LogP contribution in [-0.2, 0) is 20.9 Å². The van der Waals surface area contributed by atoms with Crippen molar-refractivity contribution in [2.24, 2.45) is 0 Å². The SMILES string of the molecule is COCc1nc(C(=O)OCCCC(C)=O)cs1. The van der Waals surface area contributed by atoms with Crippen LogP contribution in [-0.4, -0.2) is 30.5 Å². The molecule has 0 unspecified atom stereocenters. The third kappa shape index (κ3) is 5.06. The van der Waals surface area contributed by atoms with E-state index in [-0.39, 0.29) is 12.4 Å². The number of esters is 1. The Balaban J connectivity index is 2.33. The zero-order chi connectivity index (χ0) is 12.7. The van der Waals surface area contributed by atoms with Crippen molar-refractivity contribution in [3.05, 3.63) is 16.1 Å². The molecule has 0 aliphatic carbocycles. The Hall–Kier alpha value is -1.27. The van der Waals surface area contributed by atoms with Crippen LogP contribution in [0.1, 0.15) is 35.3 Å². The van der Waals surface area contributed by atoms with Crippen molar-refractivity contribution in [1.82, 2.24) is 4.98 Å². The largest absolute Gasteiger partial charge is 0.461 e. The number of Topliss-reactive ketones (excluding diaryl/α,β-unsaturated/α-hetero) is 1. The van der Waals surface area contributed by atoms with Gasteiger partial charge in [0, 0.05) is 18.9 Å². The van der Waals surface area contributed by atoms with Crippen molar-refractivity contribution >= 4 is 23.1 Å². The first-order valence-electron chi connectivity index (χ1n) is 5.23. The van der Waals surface area contributed by atoms with Gasteiger partial charge in [-0.25, -0.2) is 9.78 Å². The van der Waals surface area contributed by atoms with Crippen molar-refractivity contribution in [2.75, 3.05) is 13.7 Å². The maximum Gasteiger partial charge on any atom is 0.357 e. The lowest BCUT2D eigenvalue weighted by Gasteiger charge is -2.01. The summed E-state index contributed by atoms with van der Waals surface area (Å²) in [5.41, 5.74) is 0.296. The zero-order valence-corrected chi connectivity index (χ0v) is 10.7. The molecule has 0 amide bonds. The van der Waals surface area contributed by atoms with Gasteiger partial charge in [0.1, 0.15) is 10.8 Å². The van der Waals surface area contributed by atoms with Crippen molar-refractivity contribution in [3.8, 4) is 0 Å². The Morgan fingerprint density at radius 3 is 2.88 bits per heavy atom. The number of methoxy groups -OCH3 is 1. The highest BCUT2D eigenvalue weighted by atomic mass is 32.1. The van der Waals surface area contributed by atoms with Gasteiger partial charge in [-0.15, -0.1) is 11.3 Å². The number of rotatable bonds is 7. The minimum absolute atomic E-state index is 0.0945. The van der Waals surface area contributed by atoms with Gasteiger partial charge in [-0.2, -0.15) is 0 Å². The van der Waals surface area contributed by atoms with Crippen LogP contribution in [0.15, 0.2) is 5.38 Å². The summed E-state index contributed by atoms with van der Waals surface area (Å²) in [6.45, 7) is 2.15. The lowest BCUT2D eigenvalue weighted by Crippen LogP contribution is -2.08. The molecule has 1 heterocycles. The second kappa shape index (κ2) is 7.13. The fourth-order valence-corrected chi connectivity index (χ4v) is 1.89.